The third kappa shape index (κ3) is 2.56. The van der Waals surface area contributed by atoms with Crippen LogP contribution in [-0.2, 0) is 0 Å². The Morgan fingerprint density at radius 1 is 1.13 bits per heavy atom. The molecular weight excluding hydrogens is 184 g/mol. The first kappa shape index (κ1) is 9.71. The van der Waals surface area contributed by atoms with Gasteiger partial charge in [-0.05, 0) is 25.5 Å². The van der Waals surface area contributed by atoms with Crippen molar-refractivity contribution in [2.45, 2.75) is 13.8 Å². The summed E-state index contributed by atoms with van der Waals surface area (Å²) in [6.45, 7) is 4.07. The average Bonchev–Trinajstić information content (AvgIpc) is 2.64. The largest absolute Gasteiger partial charge is 0.313 e. The van der Waals surface area contributed by atoms with Gasteiger partial charge in [0.25, 0.3) is 0 Å². The molecule has 2 rings (SSSR count). The summed E-state index contributed by atoms with van der Waals surface area (Å²) in [5, 5.41) is 0. The van der Waals surface area contributed by atoms with Gasteiger partial charge in [0.1, 0.15) is 0 Å². The zero-order valence-corrected chi connectivity index (χ0v) is 9.01. The monoisotopic (exact) mass is 198 g/mol. The van der Waals surface area contributed by atoms with Gasteiger partial charge in [0.2, 0.25) is 0 Å². The second kappa shape index (κ2) is 4.13. The summed E-state index contributed by atoms with van der Waals surface area (Å²) in [6, 6.07) is 8.43. The van der Waals surface area contributed by atoms with Crippen LogP contribution in [0, 0.1) is 13.8 Å². The predicted octanol–water partition coefficient (Wildman–Crippen LogP) is 3.13. The van der Waals surface area contributed by atoms with Crippen LogP contribution in [0.4, 0.5) is 0 Å². The molecular formula is C13H14N2. The Hall–Kier alpha value is -1.83. The van der Waals surface area contributed by atoms with E-state index in [-0.39, 0.29) is 0 Å². The van der Waals surface area contributed by atoms with Crippen LogP contribution >= 0.6 is 0 Å². The molecule has 0 aliphatic heterocycles. The maximum Gasteiger partial charge on any atom is 0.0990 e. The standard InChI is InChI=1S/C13H14N2/c1-11-3-5-13(6-4-11)7-8-15-9-12(2)14-10-15/h3-10H,1-2H3/b8-7-. The maximum absolute atomic E-state index is 4.15. The summed E-state index contributed by atoms with van der Waals surface area (Å²) >= 11 is 0. The molecule has 0 N–H and O–H groups in total. The van der Waals surface area contributed by atoms with Gasteiger partial charge in [-0.2, -0.15) is 0 Å². The number of nitrogens with zero attached hydrogens (tertiary/aromatic N) is 2. The van der Waals surface area contributed by atoms with Crippen molar-refractivity contribution >= 4 is 12.3 Å². The highest BCUT2D eigenvalue weighted by molar-refractivity contribution is 5.60. The van der Waals surface area contributed by atoms with Crippen LogP contribution in [0.15, 0.2) is 36.8 Å². The van der Waals surface area contributed by atoms with Crippen molar-refractivity contribution in [1.82, 2.24) is 9.55 Å². The van der Waals surface area contributed by atoms with Crippen molar-refractivity contribution in [3.8, 4) is 0 Å². The first-order chi connectivity index (χ1) is 7.24. The number of hydrogen-bond acceptors (Lipinski definition) is 1. The van der Waals surface area contributed by atoms with Crippen LogP contribution in [0.25, 0.3) is 12.3 Å². The lowest BCUT2D eigenvalue weighted by atomic mass is 10.1. The number of hydrogen-bond donors (Lipinski definition) is 0. The molecule has 2 nitrogen and oxygen atoms in total. The van der Waals surface area contributed by atoms with Gasteiger partial charge in [-0.1, -0.05) is 29.8 Å². The van der Waals surface area contributed by atoms with E-state index >= 15 is 0 Å². The van der Waals surface area contributed by atoms with Crippen LogP contribution < -0.4 is 0 Å². The van der Waals surface area contributed by atoms with E-state index in [0.717, 1.165) is 5.69 Å². The Labute approximate surface area is 89.9 Å². The molecule has 0 atom stereocenters. The molecule has 0 saturated carbocycles. The summed E-state index contributed by atoms with van der Waals surface area (Å²) in [5.41, 5.74) is 3.51. The molecule has 2 aromatic rings. The van der Waals surface area contributed by atoms with E-state index in [1.807, 2.05) is 23.9 Å². The van der Waals surface area contributed by atoms with Gasteiger partial charge in [-0.25, -0.2) is 4.98 Å². The van der Waals surface area contributed by atoms with Gasteiger partial charge in [0.15, 0.2) is 0 Å². The third-order valence-electron chi connectivity index (χ3n) is 2.25. The first-order valence-corrected chi connectivity index (χ1v) is 4.99. The molecule has 2 heteroatoms. The number of aryl methyl sites for hydroxylation is 2. The molecule has 0 saturated heterocycles. The summed E-state index contributed by atoms with van der Waals surface area (Å²) in [5.74, 6) is 0. The normalized spacial score (nSPS) is 11.1. The van der Waals surface area contributed by atoms with Crippen molar-refractivity contribution < 1.29 is 0 Å². The molecule has 0 aliphatic carbocycles. The molecule has 0 amide bonds. The van der Waals surface area contributed by atoms with E-state index in [9.17, 15) is 0 Å². The Morgan fingerprint density at radius 3 is 2.47 bits per heavy atom. The topological polar surface area (TPSA) is 17.8 Å². The van der Waals surface area contributed by atoms with E-state index < -0.39 is 0 Å². The lowest BCUT2D eigenvalue weighted by Gasteiger charge is -1.95. The molecule has 0 fully saturated rings. The van der Waals surface area contributed by atoms with Crippen LogP contribution in [-0.4, -0.2) is 9.55 Å². The van der Waals surface area contributed by atoms with Gasteiger partial charge in [0, 0.05) is 12.4 Å². The highest BCUT2D eigenvalue weighted by atomic mass is 15.0. The molecule has 1 heterocycles. The molecule has 76 valence electrons. The van der Waals surface area contributed by atoms with E-state index in [4.69, 9.17) is 0 Å². The van der Waals surface area contributed by atoms with E-state index in [1.165, 1.54) is 11.1 Å². The summed E-state index contributed by atoms with van der Waals surface area (Å²) < 4.78 is 1.95. The molecule has 0 unspecified atom stereocenters. The van der Waals surface area contributed by atoms with E-state index in [1.54, 1.807) is 6.33 Å². The smallest absolute Gasteiger partial charge is 0.0990 e. The average molecular weight is 198 g/mol. The zero-order valence-electron chi connectivity index (χ0n) is 9.01. The maximum atomic E-state index is 4.15. The Kier molecular flexibility index (Phi) is 2.68. The fraction of sp³-hybridized carbons (Fsp3) is 0.154. The summed E-state index contributed by atoms with van der Waals surface area (Å²) in [7, 11) is 0. The highest BCUT2D eigenvalue weighted by Crippen LogP contribution is 2.06. The van der Waals surface area contributed by atoms with Crippen LogP contribution in [0.1, 0.15) is 16.8 Å². The number of aromatic nitrogens is 2. The van der Waals surface area contributed by atoms with E-state index in [0.29, 0.717) is 0 Å². The fourth-order valence-electron chi connectivity index (χ4n) is 1.37. The van der Waals surface area contributed by atoms with Crippen molar-refractivity contribution in [3.63, 3.8) is 0 Å². The molecule has 1 aromatic carbocycles. The first-order valence-electron chi connectivity index (χ1n) is 4.99. The lowest BCUT2D eigenvalue weighted by molar-refractivity contribution is 1.14. The Balaban J connectivity index is 2.14. The Morgan fingerprint density at radius 2 is 1.87 bits per heavy atom. The number of benzene rings is 1. The lowest BCUT2D eigenvalue weighted by Crippen LogP contribution is -1.79. The predicted molar refractivity (Wildman–Crippen MR) is 63.4 cm³/mol. The van der Waals surface area contributed by atoms with E-state index in [2.05, 4.69) is 42.2 Å². The summed E-state index contributed by atoms with van der Waals surface area (Å²) in [6.07, 6.45) is 7.87. The van der Waals surface area contributed by atoms with Crippen molar-refractivity contribution in [2.24, 2.45) is 0 Å². The quantitative estimate of drug-likeness (QED) is 0.725. The number of rotatable bonds is 2. The summed E-state index contributed by atoms with van der Waals surface area (Å²) in [4.78, 5) is 4.15. The van der Waals surface area contributed by atoms with Crippen molar-refractivity contribution in [1.29, 1.82) is 0 Å². The minimum absolute atomic E-state index is 1.03. The second-order valence-corrected chi connectivity index (χ2v) is 3.69. The fourth-order valence-corrected chi connectivity index (χ4v) is 1.37. The zero-order chi connectivity index (χ0) is 10.7. The highest BCUT2D eigenvalue weighted by Gasteiger charge is 1.89. The molecule has 15 heavy (non-hydrogen) atoms. The third-order valence-corrected chi connectivity index (χ3v) is 2.25. The molecule has 0 aliphatic rings. The Bertz CT molecular complexity index is 464. The van der Waals surface area contributed by atoms with Crippen molar-refractivity contribution in [3.05, 3.63) is 53.6 Å². The molecule has 0 spiro atoms. The van der Waals surface area contributed by atoms with Gasteiger partial charge in [-0.3, -0.25) is 0 Å². The molecule has 1 aromatic heterocycles. The van der Waals surface area contributed by atoms with Gasteiger partial charge in [-0.15, -0.1) is 0 Å². The van der Waals surface area contributed by atoms with Crippen LogP contribution in [0.3, 0.4) is 0 Å². The van der Waals surface area contributed by atoms with Crippen molar-refractivity contribution in [2.75, 3.05) is 0 Å². The molecule has 0 radical (unpaired) electrons. The minimum Gasteiger partial charge on any atom is -0.313 e. The molecule has 0 bridgehead atoms. The van der Waals surface area contributed by atoms with Gasteiger partial charge in [0.05, 0.1) is 12.0 Å². The second-order valence-electron chi connectivity index (χ2n) is 3.69. The van der Waals surface area contributed by atoms with Crippen LogP contribution in [0.2, 0.25) is 0 Å². The van der Waals surface area contributed by atoms with Crippen LogP contribution in [0.5, 0.6) is 0 Å². The van der Waals surface area contributed by atoms with Gasteiger partial charge >= 0.3 is 0 Å². The minimum atomic E-state index is 1.03. The number of imidazole rings is 1. The SMILES string of the molecule is Cc1ccc(/C=C\n2cnc(C)c2)cc1. The van der Waals surface area contributed by atoms with Gasteiger partial charge < -0.3 is 4.57 Å².